The van der Waals surface area contributed by atoms with Gasteiger partial charge in [0, 0.05) is 39.8 Å². The topological polar surface area (TPSA) is 100 Å². The van der Waals surface area contributed by atoms with E-state index in [1.807, 2.05) is 0 Å². The lowest BCUT2D eigenvalue weighted by atomic mass is 10.3. The molecule has 0 atom stereocenters. The van der Waals surface area contributed by atoms with Crippen molar-refractivity contribution in [3.63, 3.8) is 0 Å². The summed E-state index contributed by atoms with van der Waals surface area (Å²) in [6, 6.07) is 0. The summed E-state index contributed by atoms with van der Waals surface area (Å²) in [7, 11) is -1.51. The first-order valence-corrected chi connectivity index (χ1v) is 9.84. The van der Waals surface area contributed by atoms with Crippen molar-refractivity contribution in [1.29, 1.82) is 0 Å². The summed E-state index contributed by atoms with van der Waals surface area (Å²) in [4.78, 5) is 6.59. The molecule has 0 spiro atoms. The largest absolute Gasteiger partial charge is 0.379 e. The molecule has 0 aromatic heterocycles. The van der Waals surface area contributed by atoms with Crippen molar-refractivity contribution in [3.05, 3.63) is 0 Å². The predicted molar refractivity (Wildman–Crippen MR) is 108 cm³/mol. The van der Waals surface area contributed by atoms with E-state index >= 15 is 0 Å². The van der Waals surface area contributed by atoms with Crippen LogP contribution in [0.25, 0.3) is 0 Å². The minimum Gasteiger partial charge on any atom is -0.379 e. The average molecular weight is 477 g/mol. The number of nitrogens with one attached hydrogen (secondary N) is 1. The fraction of sp³-hybridized carbons (Fsp3) is 0.929. The molecule has 0 amide bonds. The lowest BCUT2D eigenvalue weighted by Crippen LogP contribution is -2.39. The first-order valence-electron chi connectivity index (χ1n) is 8.23. The van der Waals surface area contributed by atoms with Gasteiger partial charge in [-0.2, -0.15) is 0 Å². The number of nitrogens with zero attached hydrogens (tertiary/aromatic N) is 3. The Morgan fingerprint density at radius 1 is 1.33 bits per heavy atom. The molecule has 1 aliphatic rings. The van der Waals surface area contributed by atoms with Crippen molar-refractivity contribution >= 4 is 40.0 Å². The first-order chi connectivity index (χ1) is 11.0. The van der Waals surface area contributed by atoms with Crippen molar-refractivity contribution in [2.24, 2.45) is 10.7 Å². The molecule has 1 aliphatic heterocycles. The Kier molecular flexibility index (Phi) is 13.0. The molecule has 3 N–H and O–H groups in total. The molecule has 0 saturated carbocycles. The van der Waals surface area contributed by atoms with Gasteiger partial charge in [0.25, 0.3) is 0 Å². The third-order valence-corrected chi connectivity index (χ3v) is 5.68. The second kappa shape index (κ2) is 13.1. The molecular weight excluding hydrogens is 445 g/mol. The molecule has 0 radical (unpaired) electrons. The number of nitrogens with two attached hydrogens (primary N) is 1. The van der Waals surface area contributed by atoms with Crippen molar-refractivity contribution in [2.45, 2.75) is 19.8 Å². The van der Waals surface area contributed by atoms with Crippen molar-refractivity contribution in [1.82, 2.24) is 14.5 Å². The molecule has 1 fully saturated rings. The van der Waals surface area contributed by atoms with Crippen LogP contribution in [0.15, 0.2) is 4.99 Å². The number of guanidine groups is 1. The SMILES string of the molecule is CCS(=O)(=O)N(C)CCCN=C(N)NCCCN1CCOCC1.I. The van der Waals surface area contributed by atoms with Crippen LogP contribution in [0.5, 0.6) is 0 Å². The van der Waals surface area contributed by atoms with Crippen molar-refractivity contribution in [3.8, 4) is 0 Å². The van der Waals surface area contributed by atoms with Gasteiger partial charge in [0.1, 0.15) is 0 Å². The summed E-state index contributed by atoms with van der Waals surface area (Å²) < 4.78 is 29.8. The Bertz CT molecular complexity index is 455. The van der Waals surface area contributed by atoms with Crippen molar-refractivity contribution < 1.29 is 13.2 Å². The van der Waals surface area contributed by atoms with Gasteiger partial charge in [-0.3, -0.25) is 9.89 Å². The minimum absolute atomic E-state index is 0. The number of halogens is 1. The zero-order valence-corrected chi connectivity index (χ0v) is 17.9. The molecule has 1 saturated heterocycles. The van der Waals surface area contributed by atoms with Gasteiger partial charge >= 0.3 is 0 Å². The van der Waals surface area contributed by atoms with Crippen LogP contribution in [0, 0.1) is 0 Å². The van der Waals surface area contributed by atoms with Gasteiger partial charge in [-0.15, -0.1) is 24.0 Å². The third kappa shape index (κ3) is 9.97. The Morgan fingerprint density at radius 2 is 2.00 bits per heavy atom. The lowest BCUT2D eigenvalue weighted by molar-refractivity contribution is 0.0376. The number of ether oxygens (including phenoxy) is 1. The van der Waals surface area contributed by atoms with E-state index in [0.29, 0.717) is 25.5 Å². The van der Waals surface area contributed by atoms with Crippen LogP contribution in [-0.2, 0) is 14.8 Å². The number of sulfonamides is 1. The van der Waals surface area contributed by atoms with Crippen LogP contribution in [0.1, 0.15) is 19.8 Å². The van der Waals surface area contributed by atoms with E-state index < -0.39 is 10.0 Å². The van der Waals surface area contributed by atoms with Crippen LogP contribution in [0.3, 0.4) is 0 Å². The average Bonchev–Trinajstić information content (AvgIpc) is 2.56. The monoisotopic (exact) mass is 477 g/mol. The van der Waals surface area contributed by atoms with E-state index in [1.54, 1.807) is 14.0 Å². The van der Waals surface area contributed by atoms with E-state index in [1.165, 1.54) is 4.31 Å². The van der Waals surface area contributed by atoms with Gasteiger partial charge in [-0.05, 0) is 26.3 Å². The van der Waals surface area contributed by atoms with Crippen LogP contribution in [-0.4, -0.2) is 88.9 Å². The fourth-order valence-electron chi connectivity index (χ4n) is 2.25. The molecular formula is C14H32IN5O3S. The summed E-state index contributed by atoms with van der Waals surface area (Å²) in [5.74, 6) is 0.549. The molecule has 144 valence electrons. The summed E-state index contributed by atoms with van der Waals surface area (Å²) >= 11 is 0. The standard InChI is InChI=1S/C14H31N5O3S.HI/c1-3-23(20,21)18(2)8-4-6-16-14(15)17-7-5-9-19-10-12-22-13-11-19;/h3-13H2,1-2H3,(H3,15,16,17);1H. The smallest absolute Gasteiger partial charge is 0.213 e. The van der Waals surface area contributed by atoms with Gasteiger partial charge in [0.2, 0.25) is 10.0 Å². The predicted octanol–water partition coefficient (Wildman–Crippen LogP) is -0.0974. The van der Waals surface area contributed by atoms with E-state index in [2.05, 4.69) is 15.2 Å². The number of morpholine rings is 1. The molecule has 0 aromatic rings. The maximum absolute atomic E-state index is 11.6. The number of rotatable bonds is 10. The highest BCUT2D eigenvalue weighted by Gasteiger charge is 2.13. The maximum Gasteiger partial charge on any atom is 0.213 e. The molecule has 0 bridgehead atoms. The van der Waals surface area contributed by atoms with E-state index in [0.717, 1.165) is 45.8 Å². The number of hydrogen-bond acceptors (Lipinski definition) is 5. The first kappa shape index (κ1) is 23.8. The van der Waals surface area contributed by atoms with Crippen LogP contribution >= 0.6 is 24.0 Å². The molecule has 24 heavy (non-hydrogen) atoms. The van der Waals surface area contributed by atoms with Gasteiger partial charge in [-0.1, -0.05) is 0 Å². The molecule has 0 unspecified atom stereocenters. The number of hydrogen-bond donors (Lipinski definition) is 2. The second-order valence-electron chi connectivity index (χ2n) is 5.58. The molecule has 10 heteroatoms. The van der Waals surface area contributed by atoms with E-state index in [-0.39, 0.29) is 29.7 Å². The Hall–Kier alpha value is -0.170. The van der Waals surface area contributed by atoms with Crippen molar-refractivity contribution in [2.75, 3.05) is 65.3 Å². The maximum atomic E-state index is 11.6. The van der Waals surface area contributed by atoms with Gasteiger partial charge in [0.05, 0.1) is 19.0 Å². The molecule has 0 aromatic carbocycles. The van der Waals surface area contributed by atoms with E-state index in [9.17, 15) is 8.42 Å². The molecule has 8 nitrogen and oxygen atoms in total. The zero-order chi connectivity index (χ0) is 17.1. The molecule has 1 heterocycles. The highest BCUT2D eigenvalue weighted by atomic mass is 127. The number of aliphatic imine (C=N–C) groups is 1. The Labute approximate surface area is 163 Å². The van der Waals surface area contributed by atoms with E-state index in [4.69, 9.17) is 10.5 Å². The Morgan fingerprint density at radius 3 is 2.62 bits per heavy atom. The molecule has 0 aliphatic carbocycles. The summed E-state index contributed by atoms with van der Waals surface area (Å²) in [5, 5.41) is 3.09. The zero-order valence-electron chi connectivity index (χ0n) is 14.7. The normalized spacial score (nSPS) is 16.9. The van der Waals surface area contributed by atoms with Gasteiger partial charge in [0.15, 0.2) is 5.96 Å². The Balaban J connectivity index is 0.00000529. The molecule has 1 rings (SSSR count). The quantitative estimate of drug-likeness (QED) is 0.197. The van der Waals surface area contributed by atoms with Gasteiger partial charge in [-0.25, -0.2) is 12.7 Å². The van der Waals surface area contributed by atoms with Crippen LogP contribution in [0.2, 0.25) is 0 Å². The highest BCUT2D eigenvalue weighted by Crippen LogP contribution is 1.99. The van der Waals surface area contributed by atoms with Crippen LogP contribution in [0.4, 0.5) is 0 Å². The second-order valence-corrected chi connectivity index (χ2v) is 7.94. The lowest BCUT2D eigenvalue weighted by Gasteiger charge is -2.26. The summed E-state index contributed by atoms with van der Waals surface area (Å²) in [6.45, 7) is 8.08. The van der Waals surface area contributed by atoms with Gasteiger partial charge < -0.3 is 15.8 Å². The summed E-state index contributed by atoms with van der Waals surface area (Å²) in [5.41, 5.74) is 5.80. The van der Waals surface area contributed by atoms with Crippen LogP contribution < -0.4 is 11.1 Å². The minimum atomic E-state index is -3.10. The fourth-order valence-corrected chi connectivity index (χ4v) is 3.10. The summed E-state index contributed by atoms with van der Waals surface area (Å²) in [6.07, 6.45) is 1.67. The highest BCUT2D eigenvalue weighted by molar-refractivity contribution is 14.0. The third-order valence-electron chi connectivity index (χ3n) is 3.81.